The molecule has 0 amide bonds. The predicted molar refractivity (Wildman–Crippen MR) is 144 cm³/mol. The van der Waals surface area contributed by atoms with Gasteiger partial charge in [0.05, 0.1) is 32.2 Å². The lowest BCUT2D eigenvalue weighted by Crippen LogP contribution is -2.63. The van der Waals surface area contributed by atoms with Gasteiger partial charge in [-0.05, 0) is 36.2 Å². The molecule has 2 aromatic heterocycles. The Morgan fingerprint density at radius 1 is 1.17 bits per heavy atom. The third kappa shape index (κ3) is 5.61. The quantitative estimate of drug-likeness (QED) is 0.102. The number of aliphatic hydroxyl groups is 2. The van der Waals surface area contributed by atoms with Crippen LogP contribution < -0.4 is 27.7 Å². The third-order valence-corrected chi connectivity index (χ3v) is 7.13. The van der Waals surface area contributed by atoms with Crippen LogP contribution in [0.15, 0.2) is 30.6 Å². The first-order chi connectivity index (χ1) is 20.2. The van der Waals surface area contributed by atoms with E-state index in [4.69, 9.17) is 36.3 Å². The largest absolute Gasteiger partial charge is 0.465 e. The number of fused-ring (bicyclic) bond motifs is 1. The van der Waals surface area contributed by atoms with Crippen LogP contribution in [0.2, 0.25) is 5.28 Å². The fourth-order valence-electron chi connectivity index (χ4n) is 4.83. The number of nitrogens with two attached hydrogens (primary N) is 1. The van der Waals surface area contributed by atoms with Crippen molar-refractivity contribution in [1.82, 2.24) is 41.4 Å². The van der Waals surface area contributed by atoms with Gasteiger partial charge < -0.3 is 34.9 Å². The Labute approximate surface area is 243 Å². The van der Waals surface area contributed by atoms with Crippen LogP contribution in [-0.4, -0.2) is 92.1 Å². The number of hydrazine groups is 3. The van der Waals surface area contributed by atoms with Gasteiger partial charge in [-0.1, -0.05) is 12.1 Å². The maximum absolute atomic E-state index is 13.5. The zero-order valence-corrected chi connectivity index (χ0v) is 23.2. The molecular weight excluding hydrogens is 578 g/mol. The monoisotopic (exact) mass is 607 g/mol. The van der Waals surface area contributed by atoms with Crippen molar-refractivity contribution in [3.63, 3.8) is 0 Å². The van der Waals surface area contributed by atoms with Gasteiger partial charge in [0.2, 0.25) is 5.28 Å². The van der Waals surface area contributed by atoms with Crippen LogP contribution in [0.4, 0.5) is 5.82 Å². The van der Waals surface area contributed by atoms with E-state index in [0.717, 1.165) is 0 Å². The number of carbonyl (C=O) groups excluding carboxylic acids is 2. The number of carbonyl (C=O) groups is 2. The van der Waals surface area contributed by atoms with Crippen LogP contribution in [0, 0.1) is 0 Å². The summed E-state index contributed by atoms with van der Waals surface area (Å²) < 4.78 is 23.8. The third-order valence-electron chi connectivity index (χ3n) is 6.96. The van der Waals surface area contributed by atoms with E-state index >= 15 is 0 Å². The molecule has 5 rings (SSSR count). The van der Waals surface area contributed by atoms with Crippen molar-refractivity contribution in [3.05, 3.63) is 47.0 Å². The molecule has 2 saturated heterocycles. The molecule has 3 aromatic rings. The predicted octanol–water partition coefficient (Wildman–Crippen LogP) is -1.53. The van der Waals surface area contributed by atoms with E-state index < -0.39 is 48.2 Å². The Bertz CT molecular complexity index is 1440. The number of hydrogen-bond acceptors (Lipinski definition) is 16. The Balaban J connectivity index is 1.41. The molecule has 18 heteroatoms. The van der Waals surface area contributed by atoms with Gasteiger partial charge in [0.15, 0.2) is 23.3 Å². The lowest BCUT2D eigenvalue weighted by Gasteiger charge is -2.36. The summed E-state index contributed by atoms with van der Waals surface area (Å²) in [6.07, 6.45) is -4.68. The van der Waals surface area contributed by atoms with Crippen molar-refractivity contribution in [1.29, 1.82) is 0 Å². The molecule has 5 atom stereocenters. The van der Waals surface area contributed by atoms with E-state index in [1.807, 2.05) is 0 Å². The summed E-state index contributed by atoms with van der Waals surface area (Å²) >= 11 is 5.96. The first-order valence-electron chi connectivity index (χ1n) is 12.8. The molecule has 0 aliphatic carbocycles. The molecule has 8 N–H and O–H groups in total. The van der Waals surface area contributed by atoms with Gasteiger partial charge in [0, 0.05) is 6.42 Å². The van der Waals surface area contributed by atoms with Crippen molar-refractivity contribution in [3.8, 4) is 0 Å². The normalized spacial score (nSPS) is 24.1. The molecule has 4 heterocycles. The zero-order valence-electron chi connectivity index (χ0n) is 22.5. The van der Waals surface area contributed by atoms with E-state index in [9.17, 15) is 19.8 Å². The number of methoxy groups -OCH3 is 1. The number of rotatable bonds is 10. The molecule has 2 aliphatic rings. The summed E-state index contributed by atoms with van der Waals surface area (Å²) in [6, 6.07) is 6.43. The average molecular weight is 608 g/mol. The summed E-state index contributed by atoms with van der Waals surface area (Å²) in [4.78, 5) is 37.6. The highest BCUT2D eigenvalue weighted by atomic mass is 35.5. The summed E-state index contributed by atoms with van der Waals surface area (Å²) in [6.45, 7) is 1.37. The Morgan fingerprint density at radius 3 is 2.55 bits per heavy atom. The van der Waals surface area contributed by atoms with Crippen molar-refractivity contribution in [2.45, 2.75) is 49.7 Å². The Hall–Kier alpha value is -3.52. The highest BCUT2D eigenvalue weighted by molar-refractivity contribution is 6.28. The minimum atomic E-state index is -1.73. The highest BCUT2D eigenvalue weighted by Gasteiger charge is 2.52. The van der Waals surface area contributed by atoms with Gasteiger partial charge in [0.1, 0.15) is 30.0 Å². The van der Waals surface area contributed by atoms with E-state index in [-0.39, 0.29) is 41.9 Å². The lowest BCUT2D eigenvalue weighted by molar-refractivity contribution is -0.186. The van der Waals surface area contributed by atoms with E-state index in [1.165, 1.54) is 18.0 Å². The lowest BCUT2D eigenvalue weighted by atomic mass is 9.90. The van der Waals surface area contributed by atoms with Crippen molar-refractivity contribution in [2.24, 2.45) is 0 Å². The standard InChI is InChI=1S/C24H30ClN9O8/c1-3-40-22(38)24(21-30-32-33-31-21,8-11-4-6-12(7-5-11)20(37)39-2)41-9-13-15(35)16(36)19(42-13)34-10-27-14-17(26)28-23(25)29-18(14)34/h4-7,10,13,15-16,19,21,30-33,35-36H,3,8-9H2,1-2H3,(H2,26,28,29)/t13-,15-,16-,19-,24?/m1/s1. The van der Waals surface area contributed by atoms with Crippen LogP contribution in [-0.2, 0) is 30.2 Å². The van der Waals surface area contributed by atoms with Gasteiger partial charge in [-0.15, -0.1) is 0 Å². The van der Waals surface area contributed by atoms with Crippen LogP contribution in [0.3, 0.4) is 0 Å². The van der Waals surface area contributed by atoms with Gasteiger partial charge in [-0.25, -0.2) is 25.4 Å². The van der Waals surface area contributed by atoms with Crippen LogP contribution in [0.1, 0.15) is 29.1 Å². The van der Waals surface area contributed by atoms with Crippen LogP contribution >= 0.6 is 11.6 Å². The highest BCUT2D eigenvalue weighted by Crippen LogP contribution is 2.34. The number of esters is 2. The first kappa shape index (κ1) is 30.0. The summed E-state index contributed by atoms with van der Waals surface area (Å²) in [5, 5.41) is 21.7. The number of aliphatic hydroxyl groups excluding tert-OH is 2. The van der Waals surface area contributed by atoms with Crippen molar-refractivity contribution < 1.29 is 38.7 Å². The minimum Gasteiger partial charge on any atom is -0.465 e. The number of nitrogen functional groups attached to an aromatic ring is 1. The fourth-order valence-corrected chi connectivity index (χ4v) is 5.00. The molecule has 1 aromatic carbocycles. The SMILES string of the molecule is CCOC(=O)C(Cc1ccc(C(=O)OC)cc1)(OC[C@H]1O[C@@H](n2cnc3c(N)nc(Cl)nc32)[C@H](O)[C@@H]1O)C1NNNN1. The topological polar surface area (TPSA) is 229 Å². The number of nitrogens with zero attached hydrogens (tertiary/aromatic N) is 4. The summed E-state index contributed by atoms with van der Waals surface area (Å²) in [5.41, 5.74) is 16.6. The Kier molecular flexibility index (Phi) is 8.83. The van der Waals surface area contributed by atoms with Gasteiger partial charge in [-0.2, -0.15) is 21.0 Å². The second-order valence-electron chi connectivity index (χ2n) is 9.51. The van der Waals surface area contributed by atoms with E-state index in [2.05, 4.69) is 36.9 Å². The fraction of sp³-hybridized carbons (Fsp3) is 0.458. The molecule has 17 nitrogen and oxygen atoms in total. The number of nitrogens with one attached hydrogen (secondary N) is 4. The van der Waals surface area contributed by atoms with Crippen LogP contribution in [0.25, 0.3) is 11.2 Å². The number of halogens is 1. The number of anilines is 1. The second-order valence-corrected chi connectivity index (χ2v) is 9.84. The number of aromatic nitrogens is 4. The first-order valence-corrected chi connectivity index (χ1v) is 13.2. The molecule has 0 radical (unpaired) electrons. The number of ether oxygens (including phenoxy) is 4. The summed E-state index contributed by atoms with van der Waals surface area (Å²) in [7, 11) is 1.28. The average Bonchev–Trinajstić information content (AvgIpc) is 3.72. The molecule has 0 spiro atoms. The van der Waals surface area contributed by atoms with Crippen molar-refractivity contribution >= 4 is 40.5 Å². The smallest absolute Gasteiger partial charge is 0.341 e. The Morgan fingerprint density at radius 2 is 1.88 bits per heavy atom. The summed E-state index contributed by atoms with van der Waals surface area (Å²) in [5.74, 6) is -1.19. The molecule has 1 unspecified atom stereocenters. The van der Waals surface area contributed by atoms with Crippen LogP contribution in [0.5, 0.6) is 0 Å². The molecule has 0 bridgehead atoms. The van der Waals surface area contributed by atoms with E-state index in [0.29, 0.717) is 11.1 Å². The van der Waals surface area contributed by atoms with E-state index in [1.54, 1.807) is 31.2 Å². The number of benzene rings is 1. The molecule has 42 heavy (non-hydrogen) atoms. The molecule has 2 aliphatic heterocycles. The zero-order chi connectivity index (χ0) is 30.0. The van der Waals surface area contributed by atoms with Crippen molar-refractivity contribution in [2.75, 3.05) is 26.1 Å². The molecule has 226 valence electrons. The second kappa shape index (κ2) is 12.4. The number of hydrogen-bond donors (Lipinski definition) is 7. The van der Waals surface area contributed by atoms with Gasteiger partial charge in [0.25, 0.3) is 0 Å². The van der Waals surface area contributed by atoms with Gasteiger partial charge >= 0.3 is 11.9 Å². The molecule has 0 saturated carbocycles. The molecular formula is C24H30ClN9O8. The minimum absolute atomic E-state index is 0.0308. The maximum Gasteiger partial charge on any atom is 0.341 e. The van der Waals surface area contributed by atoms with Gasteiger partial charge in [-0.3, -0.25) is 4.57 Å². The molecule has 2 fully saturated rings. The maximum atomic E-state index is 13.5. The number of imidazole rings is 1.